The van der Waals surface area contributed by atoms with E-state index in [9.17, 15) is 0 Å². The third-order valence-electron chi connectivity index (χ3n) is 1.66. The Hall–Kier alpha value is 3.01. The molecule has 0 bridgehead atoms. The molecule has 6 unspecified atom stereocenters. The average Bonchev–Trinajstić information content (AvgIpc) is 2.02. The van der Waals surface area contributed by atoms with E-state index in [-0.39, 0.29) is 0 Å². The van der Waals surface area contributed by atoms with Crippen LogP contribution in [-0.4, -0.2) is 33.3 Å². The van der Waals surface area contributed by atoms with E-state index >= 15 is 0 Å². The second-order valence-electron chi connectivity index (χ2n) is 2.61. The summed E-state index contributed by atoms with van der Waals surface area (Å²) in [5.74, 6) is 0. The third-order valence-corrected chi connectivity index (χ3v) is 41.1. The summed E-state index contributed by atoms with van der Waals surface area (Å²) in [7, 11) is 6.90. The van der Waals surface area contributed by atoms with Gasteiger partial charge in [0.05, 0.1) is 0 Å². The lowest BCUT2D eigenvalue weighted by Gasteiger charge is -2.29. The van der Waals surface area contributed by atoms with Gasteiger partial charge in [-0.05, 0) is 33.3 Å². The van der Waals surface area contributed by atoms with Crippen molar-refractivity contribution in [3.63, 3.8) is 0 Å². The molecule has 0 rings (SSSR count). The average molecular weight is 296 g/mol. The van der Waals surface area contributed by atoms with Crippen LogP contribution in [0.3, 0.4) is 0 Å². The van der Waals surface area contributed by atoms with Crippen molar-refractivity contribution in [2.75, 3.05) is 33.3 Å². The van der Waals surface area contributed by atoms with E-state index < -0.39 is 0 Å². The van der Waals surface area contributed by atoms with E-state index in [2.05, 4.69) is 42.3 Å². The molecule has 0 aliphatic rings. The summed E-state index contributed by atoms with van der Waals surface area (Å²) in [6.45, 7) is 12.5. The zero-order valence-corrected chi connectivity index (χ0v) is 15.1. The Morgan fingerprint density at radius 1 is 0.917 bits per heavy atom. The zero-order chi connectivity index (χ0) is 9.72. The Labute approximate surface area is 87.7 Å². The Balaban J connectivity index is 3.90. The quantitative estimate of drug-likeness (QED) is 0.564. The van der Waals surface area contributed by atoms with Crippen LogP contribution in [0.5, 0.6) is 0 Å². The molecule has 0 aliphatic carbocycles. The van der Waals surface area contributed by atoms with Crippen molar-refractivity contribution < 1.29 is 0 Å². The van der Waals surface area contributed by atoms with Crippen molar-refractivity contribution in [1.82, 2.24) is 0 Å². The minimum Gasteiger partial charge on any atom is -0.110 e. The van der Waals surface area contributed by atoms with Gasteiger partial charge in [0.25, 0.3) is 0 Å². The fourth-order valence-electron chi connectivity index (χ4n) is 0.619. The minimum atomic E-state index is 0.366. The number of hydrogen-bond donors (Lipinski definition) is 0. The summed E-state index contributed by atoms with van der Waals surface area (Å²) >= 11 is 0. The lowest BCUT2D eigenvalue weighted by atomic mass is 11.9. The lowest BCUT2D eigenvalue weighted by Crippen LogP contribution is -1.65. The van der Waals surface area contributed by atoms with Crippen molar-refractivity contribution in [3.05, 3.63) is 0 Å². The molecule has 0 N–H and O–H groups in total. The van der Waals surface area contributed by atoms with Gasteiger partial charge >= 0.3 is 0 Å². The molecule has 0 spiro atoms. The second-order valence-corrected chi connectivity index (χ2v) is 30.4. The molecule has 0 saturated heterocycles. The van der Waals surface area contributed by atoms with Crippen molar-refractivity contribution in [1.29, 1.82) is 0 Å². The fourth-order valence-corrected chi connectivity index (χ4v) is 47.2. The van der Waals surface area contributed by atoms with Crippen LogP contribution in [0.1, 0.15) is 0 Å². The third kappa shape index (κ3) is 5.79. The molecule has 0 heterocycles. The molecule has 0 amide bonds. The second kappa shape index (κ2) is 8.20. The summed E-state index contributed by atoms with van der Waals surface area (Å²) < 4.78 is 0. The standard InChI is InChI=1S/C5H19P7/c1-9(2)11(4)12(5)10(3)8-7-6/h7-8H,6H2,1-5H3. The van der Waals surface area contributed by atoms with Gasteiger partial charge in [-0.2, -0.15) is 0 Å². The van der Waals surface area contributed by atoms with Gasteiger partial charge in [-0.1, -0.05) is 45.4 Å². The first-order chi connectivity index (χ1) is 5.50. The first-order valence-corrected chi connectivity index (χ1v) is 19.0. The van der Waals surface area contributed by atoms with Crippen LogP contribution >= 0.6 is 54.4 Å². The minimum absolute atomic E-state index is 0.366. The predicted molar refractivity (Wildman–Crippen MR) is 83.6 cm³/mol. The van der Waals surface area contributed by atoms with Crippen LogP contribution in [0.2, 0.25) is 0 Å². The highest BCUT2D eigenvalue weighted by Gasteiger charge is 2.19. The lowest BCUT2D eigenvalue weighted by molar-refractivity contribution is 2.27. The van der Waals surface area contributed by atoms with Crippen LogP contribution in [-0.2, 0) is 0 Å². The van der Waals surface area contributed by atoms with Gasteiger partial charge in [-0.25, -0.2) is 0 Å². The summed E-state index contributed by atoms with van der Waals surface area (Å²) in [5.41, 5.74) is 0. The Bertz CT molecular complexity index is 116. The van der Waals surface area contributed by atoms with E-state index in [0.717, 1.165) is 7.96 Å². The van der Waals surface area contributed by atoms with Gasteiger partial charge in [0.2, 0.25) is 0 Å². The van der Waals surface area contributed by atoms with E-state index in [4.69, 9.17) is 0 Å². The Morgan fingerprint density at radius 2 is 1.42 bits per heavy atom. The van der Waals surface area contributed by atoms with Crippen molar-refractivity contribution in [2.45, 2.75) is 0 Å². The SMILES string of the molecule is CP(C)P(C)P(C)P(C)PPP. The molecular formula is C5H19P7. The molecule has 12 heavy (non-hydrogen) atoms. The topological polar surface area (TPSA) is 0 Å². The van der Waals surface area contributed by atoms with Gasteiger partial charge in [0.15, 0.2) is 0 Å². The van der Waals surface area contributed by atoms with Gasteiger partial charge in [0.1, 0.15) is 0 Å². The van der Waals surface area contributed by atoms with Crippen molar-refractivity contribution in [2.24, 2.45) is 0 Å². The highest BCUT2D eigenvalue weighted by Crippen LogP contribution is 2.97. The molecule has 74 valence electrons. The summed E-state index contributed by atoms with van der Waals surface area (Å²) in [5, 5.41) is 0. The highest BCUT2D eigenvalue weighted by atomic mass is 32.9. The smallest absolute Gasteiger partial charge is 0.0360 e. The summed E-state index contributed by atoms with van der Waals surface area (Å²) in [6, 6.07) is 0. The molecule has 0 saturated carbocycles. The fraction of sp³-hybridized carbons (Fsp3) is 1.00. The molecular weight excluding hydrogens is 277 g/mol. The van der Waals surface area contributed by atoms with E-state index in [1.54, 1.807) is 0 Å². The molecule has 0 aliphatic heterocycles. The summed E-state index contributed by atoms with van der Waals surface area (Å²) in [4.78, 5) is 0. The normalized spacial score (nSPS) is 21.2. The number of rotatable bonds is 5. The van der Waals surface area contributed by atoms with Crippen molar-refractivity contribution >= 4 is 54.4 Å². The molecule has 0 aromatic heterocycles. The van der Waals surface area contributed by atoms with Crippen LogP contribution in [0.25, 0.3) is 0 Å². The first-order valence-electron chi connectivity index (χ1n) is 3.60. The van der Waals surface area contributed by atoms with E-state index in [1.807, 2.05) is 0 Å². The molecule has 7 heteroatoms. The van der Waals surface area contributed by atoms with Crippen molar-refractivity contribution in [3.8, 4) is 0 Å². The van der Waals surface area contributed by atoms with Gasteiger partial charge in [-0.15, -0.1) is 8.93 Å². The van der Waals surface area contributed by atoms with Crippen LogP contribution in [0.15, 0.2) is 0 Å². The van der Waals surface area contributed by atoms with Crippen LogP contribution in [0.4, 0.5) is 0 Å². The van der Waals surface area contributed by atoms with E-state index in [1.165, 1.54) is 7.96 Å². The van der Waals surface area contributed by atoms with E-state index in [0.29, 0.717) is 29.5 Å². The Kier molecular flexibility index (Phi) is 10.3. The van der Waals surface area contributed by atoms with Gasteiger partial charge < -0.3 is 0 Å². The molecule has 0 fully saturated rings. The maximum absolute atomic E-state index is 2.90. The van der Waals surface area contributed by atoms with Gasteiger partial charge in [-0.3, -0.25) is 0 Å². The largest absolute Gasteiger partial charge is 0.110 e. The molecule has 0 radical (unpaired) electrons. The highest BCUT2D eigenvalue weighted by molar-refractivity contribution is 8.89. The molecule has 0 nitrogen and oxygen atoms in total. The summed E-state index contributed by atoms with van der Waals surface area (Å²) in [6.07, 6.45) is 0. The zero-order valence-electron chi connectivity index (χ0n) is 8.37. The molecule has 0 aromatic carbocycles. The predicted octanol–water partition coefficient (Wildman–Crippen LogP) is 5.79. The first kappa shape index (κ1) is 15.0. The van der Waals surface area contributed by atoms with Crippen LogP contribution in [0, 0.1) is 0 Å². The number of hydrogen-bond acceptors (Lipinski definition) is 0. The van der Waals surface area contributed by atoms with Crippen LogP contribution < -0.4 is 0 Å². The maximum atomic E-state index is 2.90. The monoisotopic (exact) mass is 296 g/mol. The molecule has 0 aromatic rings. The Morgan fingerprint density at radius 3 is 1.75 bits per heavy atom. The molecule has 6 atom stereocenters. The van der Waals surface area contributed by atoms with Gasteiger partial charge in [0, 0.05) is 0 Å². The maximum Gasteiger partial charge on any atom is -0.0360 e.